The van der Waals surface area contributed by atoms with Crippen LogP contribution >= 0.6 is 0 Å². The molecular formula is C25H28N4O13. The van der Waals surface area contributed by atoms with Crippen LogP contribution in [0.3, 0.4) is 0 Å². The van der Waals surface area contributed by atoms with Crippen LogP contribution < -0.4 is 15.8 Å². The summed E-state index contributed by atoms with van der Waals surface area (Å²) in [5.41, 5.74) is 1.99. The van der Waals surface area contributed by atoms with E-state index in [0.717, 1.165) is 0 Å². The van der Waals surface area contributed by atoms with Gasteiger partial charge in [-0.05, 0) is 12.1 Å². The second-order valence-electron chi connectivity index (χ2n) is 10.1. The van der Waals surface area contributed by atoms with E-state index in [1.807, 2.05) is 4.90 Å². The van der Waals surface area contributed by atoms with Gasteiger partial charge >= 0.3 is 5.79 Å². The zero-order valence-corrected chi connectivity index (χ0v) is 21.8. The Labute approximate surface area is 236 Å². The molecule has 2 aromatic rings. The van der Waals surface area contributed by atoms with E-state index in [4.69, 9.17) is 15.2 Å². The van der Waals surface area contributed by atoms with Crippen molar-refractivity contribution in [2.45, 2.75) is 36.9 Å². The van der Waals surface area contributed by atoms with Gasteiger partial charge < -0.3 is 55.2 Å². The van der Waals surface area contributed by atoms with E-state index in [2.05, 4.69) is 0 Å². The molecule has 2 saturated heterocycles. The van der Waals surface area contributed by atoms with Crippen LogP contribution in [0.4, 0.5) is 0 Å². The number of fused-ring (bicyclic) bond motifs is 1. The molecule has 0 radical (unpaired) electrons. The molecule has 17 heteroatoms. The summed E-state index contributed by atoms with van der Waals surface area (Å²) in [4.78, 5) is 40.0. The summed E-state index contributed by atoms with van der Waals surface area (Å²) >= 11 is 0. The molecule has 3 amide bonds. The number of carbonyl (C=O) groups excluding carboxylic acids is 3. The quantitative estimate of drug-likeness (QED) is 0.0676. The standard InChI is InChI=1S/C25H28N4O13/c26-23(21(35)27-22(36)24(37,38)25(23,39)40)29-9-12-11(20(29)34)2-1-3-15(12)42-10-14-18(32)16(30)13(17(31)19(14)33)8-28-4-6-41-7-5-28/h1-3,30-33,37-40H,4-10,26H2,(H,27,35,36). The number of aromatic hydroxyl groups is 4. The Bertz CT molecular complexity index is 1460. The molecule has 2 aromatic carbocycles. The fourth-order valence-electron chi connectivity index (χ4n) is 5.12. The monoisotopic (exact) mass is 592 g/mol. The number of hydrogen-bond acceptors (Lipinski definition) is 15. The molecule has 1 unspecified atom stereocenters. The molecule has 3 heterocycles. The summed E-state index contributed by atoms with van der Waals surface area (Å²) in [6.45, 7) is 0.547. The number of morpholine rings is 1. The van der Waals surface area contributed by atoms with Gasteiger partial charge in [0.2, 0.25) is 5.66 Å². The summed E-state index contributed by atoms with van der Waals surface area (Å²) < 4.78 is 10.9. The second kappa shape index (κ2) is 9.95. The van der Waals surface area contributed by atoms with Crippen molar-refractivity contribution >= 4 is 17.7 Å². The molecule has 0 spiro atoms. The maximum absolute atomic E-state index is 13.2. The highest BCUT2D eigenvalue weighted by atomic mass is 16.6. The number of phenols is 4. The number of benzene rings is 2. The van der Waals surface area contributed by atoms with Gasteiger partial charge in [0.15, 0.2) is 23.0 Å². The highest BCUT2D eigenvalue weighted by molar-refractivity contribution is 6.10. The summed E-state index contributed by atoms with van der Waals surface area (Å²) in [5.74, 6) is -15.6. The van der Waals surface area contributed by atoms with E-state index < -0.39 is 76.7 Å². The molecule has 11 N–H and O–H groups in total. The number of ether oxygens (including phenoxy) is 2. The fourth-order valence-corrected chi connectivity index (χ4v) is 5.12. The molecule has 0 aliphatic carbocycles. The van der Waals surface area contributed by atoms with Crippen LogP contribution in [0.1, 0.15) is 27.0 Å². The van der Waals surface area contributed by atoms with Gasteiger partial charge in [-0.15, -0.1) is 0 Å². The molecular weight excluding hydrogens is 564 g/mol. The Morgan fingerprint density at radius 3 is 2.12 bits per heavy atom. The third-order valence-corrected chi connectivity index (χ3v) is 7.71. The average Bonchev–Trinajstić information content (AvgIpc) is 3.30. The summed E-state index contributed by atoms with van der Waals surface area (Å²) in [6, 6.07) is 3.96. The van der Waals surface area contributed by atoms with Gasteiger partial charge in [-0.1, -0.05) is 6.07 Å². The first-order valence-electron chi connectivity index (χ1n) is 12.5. The van der Waals surface area contributed by atoms with Gasteiger partial charge in [0.05, 0.1) is 30.9 Å². The van der Waals surface area contributed by atoms with Crippen LogP contribution in [0.2, 0.25) is 0 Å². The van der Waals surface area contributed by atoms with Crippen LogP contribution in [0, 0.1) is 0 Å². The van der Waals surface area contributed by atoms with Gasteiger partial charge in [0.25, 0.3) is 23.5 Å². The van der Waals surface area contributed by atoms with Crippen molar-refractivity contribution in [1.29, 1.82) is 0 Å². The Hall–Kier alpha value is -4.23. The lowest BCUT2D eigenvalue weighted by Gasteiger charge is -2.51. The van der Waals surface area contributed by atoms with Crippen molar-refractivity contribution in [3.8, 4) is 28.7 Å². The lowest BCUT2D eigenvalue weighted by atomic mass is 9.84. The SMILES string of the molecule is NC1(N2Cc3c(OCc4c(O)c(O)c(CN5CCOCC5)c(O)c4O)cccc3C2=O)C(=O)NC(=O)C(O)(O)C1(O)O. The Kier molecular flexibility index (Phi) is 6.93. The van der Waals surface area contributed by atoms with E-state index >= 15 is 0 Å². The first-order valence-corrected chi connectivity index (χ1v) is 12.5. The lowest BCUT2D eigenvalue weighted by Crippen LogP contribution is -2.88. The molecule has 5 rings (SSSR count). The predicted molar refractivity (Wildman–Crippen MR) is 134 cm³/mol. The summed E-state index contributed by atoms with van der Waals surface area (Å²) in [6.07, 6.45) is 0. The molecule has 42 heavy (non-hydrogen) atoms. The molecule has 0 saturated carbocycles. The number of phenolic OH excluding ortho intramolecular Hbond substituents is 4. The van der Waals surface area contributed by atoms with Gasteiger partial charge in [-0.25, -0.2) is 0 Å². The highest BCUT2D eigenvalue weighted by Gasteiger charge is 2.75. The Morgan fingerprint density at radius 2 is 1.50 bits per heavy atom. The number of rotatable bonds is 6. The molecule has 1 atom stereocenters. The first-order chi connectivity index (χ1) is 19.6. The minimum Gasteiger partial charge on any atom is -0.504 e. The van der Waals surface area contributed by atoms with Crippen molar-refractivity contribution < 1.29 is 64.7 Å². The molecule has 0 bridgehead atoms. The zero-order chi connectivity index (χ0) is 30.8. The number of piperidine rings is 1. The largest absolute Gasteiger partial charge is 0.504 e. The van der Waals surface area contributed by atoms with Crippen molar-refractivity contribution in [1.82, 2.24) is 15.1 Å². The van der Waals surface area contributed by atoms with Crippen LogP contribution in [0.25, 0.3) is 0 Å². The number of nitrogens with zero attached hydrogens (tertiary/aromatic N) is 2. The molecule has 226 valence electrons. The molecule has 17 nitrogen and oxygen atoms in total. The van der Waals surface area contributed by atoms with Gasteiger partial charge in [0.1, 0.15) is 12.4 Å². The average molecular weight is 593 g/mol. The maximum atomic E-state index is 13.2. The van der Waals surface area contributed by atoms with E-state index in [9.17, 15) is 55.2 Å². The van der Waals surface area contributed by atoms with Gasteiger partial charge in [-0.2, -0.15) is 0 Å². The Balaban J connectivity index is 1.42. The number of imide groups is 1. The van der Waals surface area contributed by atoms with Crippen LogP contribution in [-0.2, 0) is 34.0 Å². The number of amides is 3. The topological polar surface area (TPSA) is 276 Å². The van der Waals surface area contributed by atoms with E-state index in [0.29, 0.717) is 31.2 Å². The normalized spacial score (nSPS) is 23.5. The van der Waals surface area contributed by atoms with E-state index in [1.165, 1.54) is 23.5 Å². The lowest BCUT2D eigenvalue weighted by molar-refractivity contribution is -0.374. The van der Waals surface area contributed by atoms with E-state index in [1.54, 1.807) is 0 Å². The van der Waals surface area contributed by atoms with Crippen molar-refractivity contribution in [3.63, 3.8) is 0 Å². The minimum atomic E-state index is -4.06. The predicted octanol–water partition coefficient (Wildman–Crippen LogP) is -3.45. The molecule has 3 aliphatic heterocycles. The Morgan fingerprint density at radius 1 is 0.905 bits per heavy atom. The van der Waals surface area contributed by atoms with Crippen molar-refractivity contribution in [2.75, 3.05) is 26.3 Å². The van der Waals surface area contributed by atoms with Crippen LogP contribution in [0.5, 0.6) is 28.7 Å². The molecule has 0 aromatic heterocycles. The zero-order valence-electron chi connectivity index (χ0n) is 21.8. The summed E-state index contributed by atoms with van der Waals surface area (Å²) in [7, 11) is 0. The van der Waals surface area contributed by atoms with Crippen LogP contribution in [0.15, 0.2) is 18.2 Å². The van der Waals surface area contributed by atoms with Crippen LogP contribution in [-0.4, -0.2) is 112 Å². The number of nitrogens with one attached hydrogen (secondary N) is 1. The van der Waals surface area contributed by atoms with E-state index in [-0.39, 0.29) is 29.0 Å². The summed E-state index contributed by atoms with van der Waals surface area (Å²) in [5, 5.41) is 85.0. The second-order valence-corrected chi connectivity index (χ2v) is 10.1. The smallest absolute Gasteiger partial charge is 0.305 e. The number of aliphatic hydroxyl groups is 4. The molecule has 3 aliphatic rings. The highest BCUT2D eigenvalue weighted by Crippen LogP contribution is 2.48. The fraction of sp³-hybridized carbons (Fsp3) is 0.400. The van der Waals surface area contributed by atoms with Crippen molar-refractivity contribution in [2.24, 2.45) is 5.73 Å². The third-order valence-electron chi connectivity index (χ3n) is 7.71. The van der Waals surface area contributed by atoms with Gasteiger partial charge in [0, 0.05) is 30.8 Å². The first kappa shape index (κ1) is 29.3. The van der Waals surface area contributed by atoms with Gasteiger partial charge in [-0.3, -0.25) is 30.3 Å². The molecule has 2 fully saturated rings. The number of nitrogens with two attached hydrogens (primary N) is 1. The van der Waals surface area contributed by atoms with Crippen molar-refractivity contribution in [3.05, 3.63) is 40.5 Å². The third kappa shape index (κ3) is 4.09. The minimum absolute atomic E-state index is 0.00755. The number of hydrogen-bond donors (Lipinski definition) is 10. The number of carbonyl (C=O) groups is 3. The maximum Gasteiger partial charge on any atom is 0.305 e.